The lowest BCUT2D eigenvalue weighted by atomic mass is 10.2. The van der Waals surface area contributed by atoms with E-state index >= 15 is 0 Å². The molecule has 18 heavy (non-hydrogen) atoms. The van der Waals surface area contributed by atoms with Crippen LogP contribution in [0.1, 0.15) is 25.7 Å². The molecule has 0 radical (unpaired) electrons. The summed E-state index contributed by atoms with van der Waals surface area (Å²) in [5, 5.41) is 12.5. The molecule has 0 aromatic heterocycles. The molecule has 0 saturated carbocycles. The number of carbonyl (C=O) groups is 1. The summed E-state index contributed by atoms with van der Waals surface area (Å²) < 4.78 is 0. The number of urea groups is 1. The second-order valence-corrected chi connectivity index (χ2v) is 4.90. The van der Waals surface area contributed by atoms with Crippen molar-refractivity contribution in [3.63, 3.8) is 0 Å². The molecular formula is C13H17ClN2O2. The number of phenolic OH excluding ortho intramolecular Hbond substituents is 1. The maximum atomic E-state index is 12.0. The minimum Gasteiger partial charge on any atom is -0.506 e. The number of nitrogens with zero attached hydrogens (tertiary/aromatic N) is 1. The first-order valence-corrected chi connectivity index (χ1v) is 6.59. The zero-order valence-corrected chi connectivity index (χ0v) is 10.9. The van der Waals surface area contributed by atoms with E-state index in [1.54, 1.807) is 12.1 Å². The van der Waals surface area contributed by atoms with Gasteiger partial charge in [0.15, 0.2) is 0 Å². The number of anilines is 1. The molecule has 0 bridgehead atoms. The molecule has 1 heterocycles. The van der Waals surface area contributed by atoms with E-state index in [1.165, 1.54) is 18.9 Å². The Balaban J connectivity index is 1.99. The third kappa shape index (κ3) is 3.29. The molecule has 1 fully saturated rings. The summed E-state index contributed by atoms with van der Waals surface area (Å²) in [4.78, 5) is 13.8. The number of hydrogen-bond donors (Lipinski definition) is 2. The summed E-state index contributed by atoms with van der Waals surface area (Å²) in [6, 6.07) is 4.59. The van der Waals surface area contributed by atoms with Gasteiger partial charge in [0.25, 0.3) is 0 Å². The number of benzene rings is 1. The number of halogens is 1. The molecule has 0 atom stereocenters. The highest BCUT2D eigenvalue weighted by Gasteiger charge is 2.15. The van der Waals surface area contributed by atoms with E-state index in [9.17, 15) is 9.90 Å². The van der Waals surface area contributed by atoms with Crippen LogP contribution >= 0.6 is 11.6 Å². The van der Waals surface area contributed by atoms with E-state index in [4.69, 9.17) is 11.6 Å². The fourth-order valence-corrected chi connectivity index (χ4v) is 2.18. The van der Waals surface area contributed by atoms with Gasteiger partial charge < -0.3 is 15.3 Å². The third-order valence-corrected chi connectivity index (χ3v) is 3.41. The molecule has 1 aliphatic heterocycles. The number of carbonyl (C=O) groups excluding carboxylic acids is 1. The van der Waals surface area contributed by atoms with Crippen molar-refractivity contribution in [1.82, 2.24) is 4.90 Å². The van der Waals surface area contributed by atoms with Gasteiger partial charge in [0.1, 0.15) is 5.75 Å². The van der Waals surface area contributed by atoms with Crippen molar-refractivity contribution in [2.45, 2.75) is 25.7 Å². The molecule has 2 N–H and O–H groups in total. The average molecular weight is 269 g/mol. The molecule has 1 aromatic carbocycles. The maximum absolute atomic E-state index is 12.0. The first-order valence-electron chi connectivity index (χ1n) is 6.21. The van der Waals surface area contributed by atoms with Gasteiger partial charge >= 0.3 is 6.03 Å². The normalized spacial score (nSPS) is 16.2. The number of amides is 2. The number of phenols is 1. The Bertz CT molecular complexity index is 429. The first kappa shape index (κ1) is 13.0. The van der Waals surface area contributed by atoms with Crippen molar-refractivity contribution in [2.75, 3.05) is 18.4 Å². The summed E-state index contributed by atoms with van der Waals surface area (Å²) in [5.41, 5.74) is 0.561. The Morgan fingerprint density at radius 1 is 1.22 bits per heavy atom. The number of nitrogens with one attached hydrogen (secondary N) is 1. The highest BCUT2D eigenvalue weighted by molar-refractivity contribution is 6.32. The molecule has 0 spiro atoms. The highest BCUT2D eigenvalue weighted by Crippen LogP contribution is 2.26. The zero-order valence-electron chi connectivity index (χ0n) is 10.2. The predicted molar refractivity (Wildman–Crippen MR) is 72.2 cm³/mol. The van der Waals surface area contributed by atoms with Crippen molar-refractivity contribution in [3.05, 3.63) is 23.2 Å². The van der Waals surface area contributed by atoms with Gasteiger partial charge in [0.2, 0.25) is 0 Å². The zero-order chi connectivity index (χ0) is 13.0. The Hall–Kier alpha value is -1.42. The third-order valence-electron chi connectivity index (χ3n) is 3.09. The van der Waals surface area contributed by atoms with Crippen LogP contribution in [-0.4, -0.2) is 29.1 Å². The smallest absolute Gasteiger partial charge is 0.321 e. The van der Waals surface area contributed by atoms with Crippen LogP contribution in [0.3, 0.4) is 0 Å². The Kier molecular flexibility index (Phi) is 4.31. The second kappa shape index (κ2) is 5.96. The van der Waals surface area contributed by atoms with Crippen molar-refractivity contribution >= 4 is 23.3 Å². The summed E-state index contributed by atoms with van der Waals surface area (Å²) in [7, 11) is 0. The van der Waals surface area contributed by atoms with Crippen LogP contribution in [-0.2, 0) is 0 Å². The molecule has 0 aliphatic carbocycles. The van der Waals surface area contributed by atoms with Crippen LogP contribution in [0.2, 0.25) is 5.02 Å². The Morgan fingerprint density at radius 2 is 1.89 bits per heavy atom. The standard InChI is InChI=1S/C13H17ClN2O2/c14-11-6-5-10(9-12(11)17)15-13(18)16-7-3-1-2-4-8-16/h5-6,9,17H,1-4,7-8H2,(H,15,18). The van der Waals surface area contributed by atoms with Gasteiger partial charge in [-0.1, -0.05) is 24.4 Å². The molecule has 0 unspecified atom stereocenters. The van der Waals surface area contributed by atoms with E-state index in [1.807, 2.05) is 4.90 Å². The second-order valence-electron chi connectivity index (χ2n) is 4.50. The molecule has 5 heteroatoms. The monoisotopic (exact) mass is 268 g/mol. The summed E-state index contributed by atoms with van der Waals surface area (Å²) in [6.45, 7) is 1.59. The lowest BCUT2D eigenvalue weighted by Gasteiger charge is -2.20. The maximum Gasteiger partial charge on any atom is 0.321 e. The molecule has 2 rings (SSSR count). The Labute approximate surface area is 112 Å². The topological polar surface area (TPSA) is 52.6 Å². The van der Waals surface area contributed by atoms with Gasteiger partial charge in [0.05, 0.1) is 5.02 Å². The van der Waals surface area contributed by atoms with Gasteiger partial charge in [-0.3, -0.25) is 0 Å². The van der Waals surface area contributed by atoms with E-state index in [-0.39, 0.29) is 16.8 Å². The van der Waals surface area contributed by atoms with Crippen LogP contribution < -0.4 is 5.32 Å². The number of aromatic hydroxyl groups is 1. The molecule has 1 saturated heterocycles. The number of likely N-dealkylation sites (tertiary alicyclic amines) is 1. The highest BCUT2D eigenvalue weighted by atomic mass is 35.5. The molecule has 1 aromatic rings. The lowest BCUT2D eigenvalue weighted by Crippen LogP contribution is -2.35. The number of rotatable bonds is 1. The molecule has 2 amide bonds. The largest absolute Gasteiger partial charge is 0.506 e. The summed E-state index contributed by atoms with van der Waals surface area (Å²) in [5.74, 6) is -0.0228. The van der Waals surface area contributed by atoms with Crippen LogP contribution in [0.5, 0.6) is 5.75 Å². The van der Waals surface area contributed by atoms with E-state index < -0.39 is 0 Å². The quantitative estimate of drug-likeness (QED) is 0.820. The fraction of sp³-hybridized carbons (Fsp3) is 0.462. The predicted octanol–water partition coefficient (Wildman–Crippen LogP) is 3.45. The molecule has 4 nitrogen and oxygen atoms in total. The molecule has 1 aliphatic rings. The molecule has 98 valence electrons. The SMILES string of the molecule is O=C(Nc1ccc(Cl)c(O)c1)N1CCCCCC1. The van der Waals surface area contributed by atoms with Gasteiger partial charge in [0, 0.05) is 24.8 Å². The van der Waals surface area contributed by atoms with Crippen LogP contribution in [0.25, 0.3) is 0 Å². The van der Waals surface area contributed by atoms with Crippen LogP contribution in [0.15, 0.2) is 18.2 Å². The van der Waals surface area contributed by atoms with Gasteiger partial charge in [-0.2, -0.15) is 0 Å². The fourth-order valence-electron chi connectivity index (χ4n) is 2.07. The van der Waals surface area contributed by atoms with E-state index in [0.29, 0.717) is 5.69 Å². The van der Waals surface area contributed by atoms with Crippen molar-refractivity contribution in [2.24, 2.45) is 0 Å². The van der Waals surface area contributed by atoms with Crippen molar-refractivity contribution in [3.8, 4) is 5.75 Å². The van der Waals surface area contributed by atoms with E-state index in [0.717, 1.165) is 25.9 Å². The minimum atomic E-state index is -0.112. The van der Waals surface area contributed by atoms with E-state index in [2.05, 4.69) is 5.32 Å². The van der Waals surface area contributed by atoms with Crippen molar-refractivity contribution in [1.29, 1.82) is 0 Å². The van der Waals surface area contributed by atoms with Crippen LogP contribution in [0, 0.1) is 0 Å². The van der Waals surface area contributed by atoms with Gasteiger partial charge in [-0.05, 0) is 25.0 Å². The average Bonchev–Trinajstić information content (AvgIpc) is 2.62. The molecular weight excluding hydrogens is 252 g/mol. The van der Waals surface area contributed by atoms with Gasteiger partial charge in [-0.25, -0.2) is 4.79 Å². The minimum absolute atomic E-state index is 0.0228. The Morgan fingerprint density at radius 3 is 2.50 bits per heavy atom. The van der Waals surface area contributed by atoms with Gasteiger partial charge in [-0.15, -0.1) is 0 Å². The summed E-state index contributed by atoms with van der Waals surface area (Å²) in [6.07, 6.45) is 4.48. The first-order chi connectivity index (χ1) is 8.66. The summed E-state index contributed by atoms with van der Waals surface area (Å²) >= 11 is 5.71. The van der Waals surface area contributed by atoms with Crippen LogP contribution in [0.4, 0.5) is 10.5 Å². The lowest BCUT2D eigenvalue weighted by molar-refractivity contribution is 0.214. The van der Waals surface area contributed by atoms with Crippen molar-refractivity contribution < 1.29 is 9.90 Å². The number of hydrogen-bond acceptors (Lipinski definition) is 2.